The van der Waals surface area contributed by atoms with Gasteiger partial charge in [0, 0.05) is 23.1 Å². The number of hydrogen-bond acceptors (Lipinski definition) is 5. The predicted molar refractivity (Wildman–Crippen MR) is 91.4 cm³/mol. The first-order valence-electron chi connectivity index (χ1n) is 7.22. The van der Waals surface area contributed by atoms with E-state index in [9.17, 15) is 9.59 Å². The molecule has 2 N–H and O–H groups in total. The Morgan fingerprint density at radius 1 is 1.17 bits per heavy atom. The molecule has 0 fully saturated rings. The molecule has 0 unspecified atom stereocenters. The Balaban J connectivity index is 2.07. The smallest absolute Gasteiger partial charge is 0.267 e. The molecule has 0 aliphatic rings. The second-order valence-corrected chi connectivity index (χ2v) is 5.07. The van der Waals surface area contributed by atoms with Crippen molar-refractivity contribution < 1.29 is 9.59 Å². The van der Waals surface area contributed by atoms with Crippen molar-refractivity contribution in [1.82, 2.24) is 4.98 Å². The fraction of sp³-hybridized carbons (Fsp3) is 0.111. The maximum absolute atomic E-state index is 12.1. The molecule has 0 bridgehead atoms. The van der Waals surface area contributed by atoms with E-state index in [0.717, 1.165) is 5.69 Å². The number of nitriles is 1. The van der Waals surface area contributed by atoms with E-state index in [1.165, 1.54) is 13.1 Å². The number of carbonyl (C=O) groups is 2. The van der Waals surface area contributed by atoms with Crippen LogP contribution in [0.1, 0.15) is 23.0 Å². The Kier molecular flexibility index (Phi) is 5.42. The highest BCUT2D eigenvalue weighted by Crippen LogP contribution is 2.12. The highest BCUT2D eigenvalue weighted by molar-refractivity contribution is 6.07. The summed E-state index contributed by atoms with van der Waals surface area (Å²) in [6.45, 7) is 3.31. The van der Waals surface area contributed by atoms with Crippen molar-refractivity contribution >= 4 is 23.2 Å². The van der Waals surface area contributed by atoms with Gasteiger partial charge >= 0.3 is 0 Å². The fourth-order valence-corrected chi connectivity index (χ4v) is 1.90. The molecule has 1 amide bonds. The number of rotatable bonds is 5. The maximum Gasteiger partial charge on any atom is 0.267 e. The summed E-state index contributed by atoms with van der Waals surface area (Å²) < 4.78 is 0. The van der Waals surface area contributed by atoms with Crippen molar-refractivity contribution in [2.75, 3.05) is 10.6 Å². The molecular weight excluding hydrogens is 304 g/mol. The van der Waals surface area contributed by atoms with E-state index >= 15 is 0 Å². The van der Waals surface area contributed by atoms with E-state index in [4.69, 9.17) is 5.26 Å². The van der Waals surface area contributed by atoms with Gasteiger partial charge in [0.25, 0.3) is 5.91 Å². The number of aryl methyl sites for hydroxylation is 1. The molecule has 0 radical (unpaired) electrons. The molecule has 0 atom stereocenters. The molecule has 0 aliphatic heterocycles. The molecule has 6 nitrogen and oxygen atoms in total. The fourth-order valence-electron chi connectivity index (χ4n) is 1.90. The topological polar surface area (TPSA) is 94.9 Å². The highest BCUT2D eigenvalue weighted by atomic mass is 16.1. The standard InChI is InChI=1S/C18H16N4O2/c1-12-4-3-5-17(21-12)20-11-15(10-19)18(24)22-16-8-6-14(7-9-16)13(2)23/h3-9,11H,1-2H3,(H,20,21)(H,22,24)/b15-11-. The van der Waals surface area contributed by atoms with Crippen molar-refractivity contribution in [3.05, 3.63) is 65.5 Å². The van der Waals surface area contributed by atoms with Gasteiger partial charge in [-0.3, -0.25) is 9.59 Å². The largest absolute Gasteiger partial charge is 0.345 e. The minimum absolute atomic E-state index is 0.0552. The molecule has 0 spiro atoms. The minimum Gasteiger partial charge on any atom is -0.345 e. The molecule has 2 aromatic rings. The van der Waals surface area contributed by atoms with Crippen LogP contribution in [-0.4, -0.2) is 16.7 Å². The average Bonchev–Trinajstić information content (AvgIpc) is 2.56. The first kappa shape index (κ1) is 16.9. The quantitative estimate of drug-likeness (QED) is 0.501. The number of benzene rings is 1. The summed E-state index contributed by atoms with van der Waals surface area (Å²) in [5, 5.41) is 14.6. The Hall–Kier alpha value is -3.46. The van der Waals surface area contributed by atoms with Gasteiger partial charge in [-0.1, -0.05) is 6.07 Å². The molecular formula is C18H16N4O2. The Bertz CT molecular complexity index is 833. The molecule has 1 aromatic heterocycles. The number of nitrogens with zero attached hydrogens (tertiary/aromatic N) is 2. The van der Waals surface area contributed by atoms with Crippen molar-refractivity contribution in [1.29, 1.82) is 5.26 Å². The van der Waals surface area contributed by atoms with E-state index in [1.54, 1.807) is 30.3 Å². The first-order valence-corrected chi connectivity index (χ1v) is 7.22. The van der Waals surface area contributed by atoms with E-state index in [1.807, 2.05) is 25.1 Å². The van der Waals surface area contributed by atoms with Gasteiger partial charge in [0.15, 0.2) is 5.78 Å². The Morgan fingerprint density at radius 2 is 1.88 bits per heavy atom. The average molecular weight is 320 g/mol. The van der Waals surface area contributed by atoms with Crippen molar-refractivity contribution in [3.63, 3.8) is 0 Å². The second kappa shape index (κ2) is 7.70. The number of nitrogens with one attached hydrogen (secondary N) is 2. The van der Waals surface area contributed by atoms with Gasteiger partial charge in [-0.25, -0.2) is 4.98 Å². The zero-order valence-corrected chi connectivity index (χ0v) is 13.3. The number of anilines is 2. The van der Waals surface area contributed by atoms with Crippen LogP contribution in [0.15, 0.2) is 54.2 Å². The summed E-state index contributed by atoms with van der Waals surface area (Å²) in [5.74, 6) is -0.0603. The van der Waals surface area contributed by atoms with Gasteiger partial charge in [-0.05, 0) is 50.2 Å². The molecule has 24 heavy (non-hydrogen) atoms. The maximum atomic E-state index is 12.1. The number of carbonyl (C=O) groups excluding carboxylic acids is 2. The second-order valence-electron chi connectivity index (χ2n) is 5.07. The summed E-state index contributed by atoms with van der Waals surface area (Å²) in [7, 11) is 0. The van der Waals surface area contributed by atoms with E-state index < -0.39 is 5.91 Å². The Morgan fingerprint density at radius 3 is 2.46 bits per heavy atom. The third kappa shape index (κ3) is 4.52. The number of Topliss-reactive ketones (excluding diaryl/α,β-unsaturated/α-hetero) is 1. The summed E-state index contributed by atoms with van der Waals surface area (Å²) in [6.07, 6.45) is 1.31. The van der Waals surface area contributed by atoms with Gasteiger partial charge in [0.05, 0.1) is 0 Å². The lowest BCUT2D eigenvalue weighted by Crippen LogP contribution is -2.14. The van der Waals surface area contributed by atoms with Gasteiger partial charge in [-0.2, -0.15) is 5.26 Å². The van der Waals surface area contributed by atoms with Crippen molar-refractivity contribution in [2.45, 2.75) is 13.8 Å². The molecule has 6 heteroatoms. The molecule has 0 saturated carbocycles. The SMILES string of the molecule is CC(=O)c1ccc(NC(=O)/C(C#N)=C\Nc2cccc(C)n2)cc1. The summed E-state index contributed by atoms with van der Waals surface area (Å²) in [6, 6.07) is 13.7. The normalized spacial score (nSPS) is 10.6. The number of amides is 1. The van der Waals surface area contributed by atoms with Crippen LogP contribution in [0.4, 0.5) is 11.5 Å². The molecule has 1 aromatic carbocycles. The molecule has 1 heterocycles. The summed E-state index contributed by atoms with van der Waals surface area (Å²) >= 11 is 0. The number of pyridine rings is 1. The number of hydrogen-bond donors (Lipinski definition) is 2. The van der Waals surface area contributed by atoms with Crippen LogP contribution in [0.25, 0.3) is 0 Å². The Labute approximate surface area is 139 Å². The van der Waals surface area contributed by atoms with Crippen molar-refractivity contribution in [3.8, 4) is 6.07 Å². The lowest BCUT2D eigenvalue weighted by atomic mass is 10.1. The minimum atomic E-state index is -0.548. The lowest BCUT2D eigenvalue weighted by Gasteiger charge is -2.06. The van der Waals surface area contributed by atoms with Crippen LogP contribution in [-0.2, 0) is 4.79 Å². The zero-order chi connectivity index (χ0) is 17.5. The highest BCUT2D eigenvalue weighted by Gasteiger charge is 2.09. The zero-order valence-electron chi connectivity index (χ0n) is 13.3. The predicted octanol–water partition coefficient (Wildman–Crippen LogP) is 3.05. The van der Waals surface area contributed by atoms with E-state index in [0.29, 0.717) is 17.1 Å². The van der Waals surface area contributed by atoms with Crippen LogP contribution in [0.3, 0.4) is 0 Å². The van der Waals surface area contributed by atoms with Gasteiger partial charge in [0.2, 0.25) is 0 Å². The van der Waals surface area contributed by atoms with Crippen LogP contribution in [0.5, 0.6) is 0 Å². The van der Waals surface area contributed by atoms with Gasteiger partial charge < -0.3 is 10.6 Å². The van der Waals surface area contributed by atoms with Gasteiger partial charge in [0.1, 0.15) is 17.5 Å². The third-order valence-corrected chi connectivity index (χ3v) is 3.17. The van der Waals surface area contributed by atoms with Crippen LogP contribution < -0.4 is 10.6 Å². The third-order valence-electron chi connectivity index (χ3n) is 3.17. The van der Waals surface area contributed by atoms with Gasteiger partial charge in [-0.15, -0.1) is 0 Å². The van der Waals surface area contributed by atoms with Crippen LogP contribution in [0, 0.1) is 18.3 Å². The monoisotopic (exact) mass is 320 g/mol. The molecule has 0 aliphatic carbocycles. The summed E-state index contributed by atoms with van der Waals surface area (Å²) in [4.78, 5) is 27.6. The molecule has 2 rings (SSSR count). The summed E-state index contributed by atoms with van der Waals surface area (Å²) in [5.41, 5.74) is 1.78. The van der Waals surface area contributed by atoms with Crippen molar-refractivity contribution in [2.24, 2.45) is 0 Å². The van der Waals surface area contributed by atoms with E-state index in [2.05, 4.69) is 15.6 Å². The van der Waals surface area contributed by atoms with E-state index in [-0.39, 0.29) is 11.4 Å². The lowest BCUT2D eigenvalue weighted by molar-refractivity contribution is -0.112. The number of aromatic nitrogens is 1. The van der Waals surface area contributed by atoms with Crippen LogP contribution >= 0.6 is 0 Å². The first-order chi connectivity index (χ1) is 11.5. The molecule has 120 valence electrons. The van der Waals surface area contributed by atoms with Crippen LogP contribution in [0.2, 0.25) is 0 Å². The molecule has 0 saturated heterocycles. The number of ketones is 1.